The number of nitrogens with two attached hydrogens (primary N) is 1. The zero-order valence-corrected chi connectivity index (χ0v) is 12.9. The van der Waals surface area contributed by atoms with Crippen LogP contribution in [0, 0.1) is 6.92 Å². The summed E-state index contributed by atoms with van der Waals surface area (Å²) in [5.74, 6) is 0.154. The van der Waals surface area contributed by atoms with Gasteiger partial charge < -0.3 is 14.7 Å². The van der Waals surface area contributed by atoms with Crippen molar-refractivity contribution in [1.82, 2.24) is 14.5 Å². The van der Waals surface area contributed by atoms with Crippen LogP contribution < -0.4 is 5.73 Å². The van der Waals surface area contributed by atoms with E-state index in [-0.39, 0.29) is 0 Å². The molecule has 0 aliphatic rings. The second kappa shape index (κ2) is 5.34. The molecular formula is C18H14N4O2. The number of imidazole rings is 1. The third-order valence-corrected chi connectivity index (χ3v) is 3.91. The molecule has 0 aliphatic carbocycles. The monoisotopic (exact) mass is 318 g/mol. The summed E-state index contributed by atoms with van der Waals surface area (Å²) in [4.78, 5) is 16.2. The molecule has 0 saturated carbocycles. The summed E-state index contributed by atoms with van der Waals surface area (Å²) in [5.41, 5.74) is 9.47. The van der Waals surface area contributed by atoms with E-state index in [1.165, 1.54) is 0 Å². The van der Waals surface area contributed by atoms with Crippen molar-refractivity contribution in [3.8, 4) is 22.5 Å². The van der Waals surface area contributed by atoms with E-state index in [1.54, 1.807) is 16.5 Å². The Kier molecular flexibility index (Phi) is 3.16. The van der Waals surface area contributed by atoms with Gasteiger partial charge in [0, 0.05) is 18.0 Å². The highest BCUT2D eigenvalue weighted by atomic mass is 16.5. The molecule has 4 aromatic rings. The van der Waals surface area contributed by atoms with Crippen molar-refractivity contribution < 1.29 is 9.32 Å². The number of hydrogen-bond acceptors (Lipinski definition) is 4. The minimum atomic E-state index is -0.511. The third kappa shape index (κ3) is 2.16. The predicted octanol–water partition coefficient (Wildman–Crippen LogP) is 3.06. The van der Waals surface area contributed by atoms with Crippen molar-refractivity contribution in [3.05, 3.63) is 66.2 Å². The number of aromatic nitrogens is 3. The Balaban J connectivity index is 1.95. The number of benzene rings is 1. The molecule has 0 unspecified atom stereocenters. The van der Waals surface area contributed by atoms with Crippen LogP contribution in [0.5, 0.6) is 0 Å². The molecule has 4 rings (SSSR count). The van der Waals surface area contributed by atoms with Gasteiger partial charge in [-0.05, 0) is 19.1 Å². The summed E-state index contributed by atoms with van der Waals surface area (Å²) in [5, 5.41) is 4.17. The van der Waals surface area contributed by atoms with Crippen molar-refractivity contribution in [3.63, 3.8) is 0 Å². The van der Waals surface area contributed by atoms with E-state index in [9.17, 15) is 4.79 Å². The lowest BCUT2D eigenvalue weighted by Crippen LogP contribution is -2.12. The Morgan fingerprint density at radius 1 is 1.17 bits per heavy atom. The minimum Gasteiger partial charge on any atom is -0.365 e. The molecule has 0 spiro atoms. The molecule has 0 saturated heterocycles. The SMILES string of the molecule is Cc1onc(-c2ccccc2)c1-c1cn2cccc(C(N)=O)c2n1. The summed E-state index contributed by atoms with van der Waals surface area (Å²) in [7, 11) is 0. The van der Waals surface area contributed by atoms with Crippen LogP contribution in [0.15, 0.2) is 59.4 Å². The standard InChI is InChI=1S/C18H14N4O2/c1-11-15(16(21-24-11)12-6-3-2-4-7-12)14-10-22-9-5-8-13(17(19)23)18(22)20-14/h2-10H,1H3,(H2,19,23). The van der Waals surface area contributed by atoms with E-state index in [0.29, 0.717) is 22.7 Å². The van der Waals surface area contributed by atoms with Crippen molar-refractivity contribution >= 4 is 11.6 Å². The van der Waals surface area contributed by atoms with E-state index in [2.05, 4.69) is 10.1 Å². The number of carbonyl (C=O) groups excluding carboxylic acids is 1. The highest BCUT2D eigenvalue weighted by Gasteiger charge is 2.20. The van der Waals surface area contributed by atoms with E-state index >= 15 is 0 Å². The molecule has 0 bridgehead atoms. The summed E-state index contributed by atoms with van der Waals surface area (Å²) in [6.07, 6.45) is 3.66. The molecule has 24 heavy (non-hydrogen) atoms. The van der Waals surface area contributed by atoms with Gasteiger partial charge in [0.1, 0.15) is 17.1 Å². The first-order chi connectivity index (χ1) is 11.6. The Hall–Kier alpha value is -3.41. The number of amides is 1. The number of carbonyl (C=O) groups is 1. The lowest BCUT2D eigenvalue weighted by Gasteiger charge is -1.99. The molecule has 3 aromatic heterocycles. The van der Waals surface area contributed by atoms with Crippen LogP contribution in [0.4, 0.5) is 0 Å². The summed E-state index contributed by atoms with van der Waals surface area (Å²) in [6, 6.07) is 13.2. The molecular weight excluding hydrogens is 304 g/mol. The largest absolute Gasteiger partial charge is 0.365 e. The van der Waals surface area contributed by atoms with E-state index in [4.69, 9.17) is 10.3 Å². The molecule has 1 amide bonds. The number of primary amides is 1. The number of aryl methyl sites for hydroxylation is 1. The average molecular weight is 318 g/mol. The third-order valence-electron chi connectivity index (χ3n) is 3.91. The summed E-state index contributed by atoms with van der Waals surface area (Å²) in [6.45, 7) is 1.84. The van der Waals surface area contributed by atoms with Gasteiger partial charge in [0.25, 0.3) is 5.91 Å². The predicted molar refractivity (Wildman–Crippen MR) is 89.4 cm³/mol. The van der Waals surface area contributed by atoms with Crippen LogP contribution in [0.3, 0.4) is 0 Å². The zero-order valence-electron chi connectivity index (χ0n) is 12.9. The highest BCUT2D eigenvalue weighted by molar-refractivity contribution is 5.99. The first-order valence-electron chi connectivity index (χ1n) is 7.45. The topological polar surface area (TPSA) is 86.4 Å². The van der Waals surface area contributed by atoms with Crippen LogP contribution in [-0.4, -0.2) is 20.4 Å². The molecule has 6 nitrogen and oxygen atoms in total. The number of rotatable bonds is 3. The maximum atomic E-state index is 11.6. The molecule has 3 heterocycles. The number of nitrogens with zero attached hydrogens (tertiary/aromatic N) is 3. The molecule has 0 radical (unpaired) electrons. The second-order valence-corrected chi connectivity index (χ2v) is 5.47. The quantitative estimate of drug-likeness (QED) is 0.629. The zero-order chi connectivity index (χ0) is 16.7. The van der Waals surface area contributed by atoms with Crippen LogP contribution in [-0.2, 0) is 0 Å². The van der Waals surface area contributed by atoms with Crippen LogP contribution in [0.2, 0.25) is 0 Å². The van der Waals surface area contributed by atoms with Gasteiger partial charge in [-0.3, -0.25) is 4.79 Å². The van der Waals surface area contributed by atoms with Gasteiger partial charge in [0.15, 0.2) is 0 Å². The molecule has 0 aliphatic heterocycles. The van der Waals surface area contributed by atoms with E-state index in [0.717, 1.165) is 16.8 Å². The maximum Gasteiger partial charge on any atom is 0.252 e. The summed E-state index contributed by atoms with van der Waals surface area (Å²) < 4.78 is 7.16. The maximum absolute atomic E-state index is 11.6. The Labute approximate surface area is 137 Å². The van der Waals surface area contributed by atoms with Crippen molar-refractivity contribution in [2.24, 2.45) is 5.73 Å². The Morgan fingerprint density at radius 2 is 1.96 bits per heavy atom. The van der Waals surface area contributed by atoms with Crippen molar-refractivity contribution in [1.29, 1.82) is 0 Å². The average Bonchev–Trinajstić information content (AvgIpc) is 3.18. The molecule has 6 heteroatoms. The van der Waals surface area contributed by atoms with Gasteiger partial charge in [-0.25, -0.2) is 4.98 Å². The van der Waals surface area contributed by atoms with Gasteiger partial charge in [0.05, 0.1) is 16.8 Å². The lowest BCUT2D eigenvalue weighted by atomic mass is 10.0. The number of hydrogen-bond donors (Lipinski definition) is 1. The number of pyridine rings is 1. The fourth-order valence-electron chi connectivity index (χ4n) is 2.79. The van der Waals surface area contributed by atoms with E-state index in [1.807, 2.05) is 49.6 Å². The summed E-state index contributed by atoms with van der Waals surface area (Å²) >= 11 is 0. The van der Waals surface area contributed by atoms with Crippen LogP contribution in [0.25, 0.3) is 28.2 Å². The van der Waals surface area contributed by atoms with Gasteiger partial charge in [-0.15, -0.1) is 0 Å². The van der Waals surface area contributed by atoms with Gasteiger partial charge in [-0.2, -0.15) is 0 Å². The highest BCUT2D eigenvalue weighted by Crippen LogP contribution is 2.33. The molecule has 1 aromatic carbocycles. The van der Waals surface area contributed by atoms with Crippen LogP contribution in [0.1, 0.15) is 16.1 Å². The second-order valence-electron chi connectivity index (χ2n) is 5.47. The smallest absolute Gasteiger partial charge is 0.252 e. The molecule has 0 fully saturated rings. The molecule has 118 valence electrons. The van der Waals surface area contributed by atoms with Crippen molar-refractivity contribution in [2.75, 3.05) is 0 Å². The van der Waals surface area contributed by atoms with E-state index < -0.39 is 5.91 Å². The normalized spacial score (nSPS) is 11.0. The van der Waals surface area contributed by atoms with Crippen molar-refractivity contribution in [2.45, 2.75) is 6.92 Å². The van der Waals surface area contributed by atoms with Gasteiger partial charge >= 0.3 is 0 Å². The van der Waals surface area contributed by atoms with Gasteiger partial charge in [-0.1, -0.05) is 35.5 Å². The number of fused-ring (bicyclic) bond motifs is 1. The first kappa shape index (κ1) is 14.2. The van der Waals surface area contributed by atoms with Gasteiger partial charge in [0.2, 0.25) is 0 Å². The Morgan fingerprint density at radius 3 is 2.71 bits per heavy atom. The first-order valence-corrected chi connectivity index (χ1v) is 7.45. The fraction of sp³-hybridized carbons (Fsp3) is 0.0556. The van der Waals surface area contributed by atoms with Crippen LogP contribution >= 0.6 is 0 Å². The molecule has 0 atom stereocenters. The lowest BCUT2D eigenvalue weighted by molar-refractivity contribution is 0.100. The molecule has 2 N–H and O–H groups in total. The Bertz CT molecular complexity index is 1050. The minimum absolute atomic E-state index is 0.374. The fourth-order valence-corrected chi connectivity index (χ4v) is 2.79.